The number of aromatic hydroxyl groups is 2. The van der Waals surface area contributed by atoms with Gasteiger partial charge in [-0.05, 0) is 30.5 Å². The van der Waals surface area contributed by atoms with Gasteiger partial charge in [-0.1, -0.05) is 64.6 Å². The first-order valence-corrected chi connectivity index (χ1v) is 13.7. The zero-order valence-electron chi connectivity index (χ0n) is 19.3. The third kappa shape index (κ3) is 4.20. The number of hydrogen-bond acceptors (Lipinski definition) is 10. The standard InChI is InChI=1S/C23H21BrN6O4S2/c1-3-5-13-27-29-20(33)16(18(31)25-22(29)35-13)15(11-7-9-12(24)10-8-11)17-19(32)26-23-30(21(17)34)28-14(36-23)6-4-2/h7-10,15,31-32H,3-6H2,1-2H3. The second-order valence-corrected chi connectivity index (χ2v) is 11.2. The van der Waals surface area contributed by atoms with E-state index in [1.807, 2.05) is 13.8 Å². The molecule has 13 heteroatoms. The van der Waals surface area contributed by atoms with Gasteiger partial charge in [0, 0.05) is 17.3 Å². The Morgan fingerprint density at radius 2 is 1.28 bits per heavy atom. The van der Waals surface area contributed by atoms with Crippen LogP contribution in [-0.2, 0) is 12.8 Å². The van der Waals surface area contributed by atoms with Gasteiger partial charge in [-0.25, -0.2) is 0 Å². The highest BCUT2D eigenvalue weighted by Crippen LogP contribution is 2.37. The van der Waals surface area contributed by atoms with Crippen LogP contribution < -0.4 is 11.1 Å². The lowest BCUT2D eigenvalue weighted by Crippen LogP contribution is -2.29. The van der Waals surface area contributed by atoms with E-state index in [2.05, 4.69) is 36.1 Å². The molecule has 1 aromatic carbocycles. The van der Waals surface area contributed by atoms with Crippen molar-refractivity contribution in [2.45, 2.75) is 45.4 Å². The number of halogens is 1. The molecule has 5 rings (SSSR count). The first-order chi connectivity index (χ1) is 17.3. The molecule has 0 radical (unpaired) electrons. The zero-order chi connectivity index (χ0) is 25.6. The van der Waals surface area contributed by atoms with E-state index in [4.69, 9.17) is 0 Å². The van der Waals surface area contributed by atoms with E-state index in [9.17, 15) is 19.8 Å². The van der Waals surface area contributed by atoms with Crippen LogP contribution in [0.1, 0.15) is 59.3 Å². The van der Waals surface area contributed by atoms with Gasteiger partial charge in [0.05, 0.1) is 17.0 Å². The highest BCUT2D eigenvalue weighted by molar-refractivity contribution is 9.10. The van der Waals surface area contributed by atoms with Gasteiger partial charge in [-0.3, -0.25) is 9.59 Å². The van der Waals surface area contributed by atoms with Gasteiger partial charge in [0.2, 0.25) is 21.7 Å². The molecule has 2 N–H and O–H groups in total. The Morgan fingerprint density at radius 1 is 0.833 bits per heavy atom. The highest BCUT2D eigenvalue weighted by atomic mass is 79.9. The quantitative estimate of drug-likeness (QED) is 0.292. The largest absolute Gasteiger partial charge is 0.493 e. The Labute approximate surface area is 220 Å². The second kappa shape index (κ2) is 9.71. The van der Waals surface area contributed by atoms with Crippen molar-refractivity contribution in [3.63, 3.8) is 0 Å². The highest BCUT2D eigenvalue weighted by Gasteiger charge is 2.33. The van der Waals surface area contributed by atoms with E-state index >= 15 is 0 Å². The van der Waals surface area contributed by atoms with Crippen molar-refractivity contribution in [2.24, 2.45) is 0 Å². The van der Waals surface area contributed by atoms with Crippen LogP contribution >= 0.6 is 38.6 Å². The third-order valence-electron chi connectivity index (χ3n) is 5.64. The number of benzene rings is 1. The van der Waals surface area contributed by atoms with Crippen LogP contribution in [-0.4, -0.2) is 39.4 Å². The molecule has 0 aliphatic heterocycles. The third-order valence-corrected chi connectivity index (χ3v) is 8.11. The molecule has 4 heterocycles. The summed E-state index contributed by atoms with van der Waals surface area (Å²) in [6.07, 6.45) is 2.98. The molecule has 0 aliphatic carbocycles. The number of aryl methyl sites for hydroxylation is 2. The minimum atomic E-state index is -1.17. The van der Waals surface area contributed by atoms with Crippen LogP contribution in [0.2, 0.25) is 0 Å². The molecule has 0 spiro atoms. The average Bonchev–Trinajstić information content (AvgIpc) is 3.43. The van der Waals surface area contributed by atoms with Gasteiger partial charge in [0.25, 0.3) is 11.1 Å². The van der Waals surface area contributed by atoms with Crippen LogP contribution in [0.3, 0.4) is 0 Å². The fourth-order valence-corrected chi connectivity index (χ4v) is 6.27. The first-order valence-electron chi connectivity index (χ1n) is 11.3. The Kier molecular flexibility index (Phi) is 6.62. The molecule has 5 aromatic rings. The van der Waals surface area contributed by atoms with E-state index in [1.54, 1.807) is 24.3 Å². The second-order valence-electron chi connectivity index (χ2n) is 8.17. The summed E-state index contributed by atoms with van der Waals surface area (Å²) in [5.41, 5.74) is -1.13. The van der Waals surface area contributed by atoms with Crippen LogP contribution in [0, 0.1) is 0 Å². The molecule has 4 aromatic heterocycles. The molecular weight excluding hydrogens is 568 g/mol. The first kappa shape index (κ1) is 24.5. The minimum Gasteiger partial charge on any atom is -0.493 e. The Bertz CT molecular complexity index is 1600. The summed E-state index contributed by atoms with van der Waals surface area (Å²) < 4.78 is 3.06. The molecule has 0 bridgehead atoms. The molecule has 0 saturated carbocycles. The Morgan fingerprint density at radius 3 is 1.69 bits per heavy atom. The summed E-state index contributed by atoms with van der Waals surface area (Å²) >= 11 is 5.83. The summed E-state index contributed by atoms with van der Waals surface area (Å²) in [6, 6.07) is 6.88. The molecule has 0 unspecified atom stereocenters. The number of nitrogens with zero attached hydrogens (tertiary/aromatic N) is 6. The lowest BCUT2D eigenvalue weighted by molar-refractivity contribution is 0.433. The Hall–Kier alpha value is -3.16. The summed E-state index contributed by atoms with van der Waals surface area (Å²) in [5, 5.41) is 32.1. The van der Waals surface area contributed by atoms with E-state index in [0.717, 1.165) is 26.3 Å². The molecule has 36 heavy (non-hydrogen) atoms. The summed E-state index contributed by atoms with van der Waals surface area (Å²) in [7, 11) is 0. The molecule has 0 atom stereocenters. The smallest absolute Gasteiger partial charge is 0.283 e. The van der Waals surface area contributed by atoms with Gasteiger partial charge in [0.15, 0.2) is 0 Å². The maximum atomic E-state index is 13.7. The predicted octanol–water partition coefficient (Wildman–Crippen LogP) is 3.87. The van der Waals surface area contributed by atoms with Gasteiger partial charge in [0.1, 0.15) is 10.0 Å². The maximum absolute atomic E-state index is 13.7. The van der Waals surface area contributed by atoms with Gasteiger partial charge >= 0.3 is 0 Å². The van der Waals surface area contributed by atoms with Gasteiger partial charge in [-0.15, -0.1) is 0 Å². The minimum absolute atomic E-state index is 0.179. The van der Waals surface area contributed by atoms with Crippen LogP contribution in [0.4, 0.5) is 0 Å². The van der Waals surface area contributed by atoms with Crippen LogP contribution in [0.15, 0.2) is 38.3 Å². The normalized spacial score (nSPS) is 11.8. The number of rotatable bonds is 7. The van der Waals surface area contributed by atoms with Crippen LogP contribution in [0.25, 0.3) is 9.92 Å². The van der Waals surface area contributed by atoms with E-state index < -0.39 is 28.8 Å². The lowest BCUT2D eigenvalue weighted by atomic mass is 9.87. The number of hydrogen-bond donors (Lipinski definition) is 2. The van der Waals surface area contributed by atoms with E-state index in [-0.39, 0.29) is 21.0 Å². The topological polar surface area (TPSA) is 135 Å². The van der Waals surface area contributed by atoms with Crippen molar-refractivity contribution >= 4 is 48.5 Å². The maximum Gasteiger partial charge on any atom is 0.283 e. The van der Waals surface area contributed by atoms with Crippen LogP contribution in [0.5, 0.6) is 11.8 Å². The van der Waals surface area contributed by atoms with Crippen molar-refractivity contribution < 1.29 is 10.2 Å². The molecule has 10 nitrogen and oxygen atoms in total. The van der Waals surface area contributed by atoms with Gasteiger partial charge < -0.3 is 10.2 Å². The molecule has 0 fully saturated rings. The van der Waals surface area contributed by atoms with Gasteiger partial charge in [-0.2, -0.15) is 29.2 Å². The monoisotopic (exact) mass is 588 g/mol. The lowest BCUT2D eigenvalue weighted by Gasteiger charge is -2.18. The summed E-state index contributed by atoms with van der Waals surface area (Å²) in [6.45, 7) is 4.00. The molecular formula is C23H21BrN6O4S2. The van der Waals surface area contributed by atoms with Crippen molar-refractivity contribution in [3.05, 3.63) is 76.2 Å². The van der Waals surface area contributed by atoms with Crippen molar-refractivity contribution in [2.75, 3.05) is 0 Å². The summed E-state index contributed by atoms with van der Waals surface area (Å²) in [4.78, 5) is 36.3. The molecule has 0 amide bonds. The van der Waals surface area contributed by atoms with E-state index in [1.165, 1.54) is 22.7 Å². The SMILES string of the molecule is CCCc1nn2c(=O)c(C(c3ccc(Br)cc3)c3c(O)nc4sc(CCC)nn4c3=O)c(O)nc2s1. The number of aromatic nitrogens is 6. The Balaban J connectivity index is 1.82. The predicted molar refractivity (Wildman–Crippen MR) is 141 cm³/mol. The molecule has 186 valence electrons. The number of fused-ring (bicyclic) bond motifs is 2. The summed E-state index contributed by atoms with van der Waals surface area (Å²) in [5.74, 6) is -2.23. The van der Waals surface area contributed by atoms with Crippen molar-refractivity contribution in [1.29, 1.82) is 0 Å². The zero-order valence-corrected chi connectivity index (χ0v) is 22.5. The average molecular weight is 589 g/mol. The molecule has 0 aliphatic rings. The molecule has 0 saturated heterocycles. The van der Waals surface area contributed by atoms with Crippen molar-refractivity contribution in [3.8, 4) is 11.8 Å². The fraction of sp³-hybridized carbons (Fsp3) is 0.304. The van der Waals surface area contributed by atoms with Crippen molar-refractivity contribution in [1.82, 2.24) is 29.2 Å². The fourth-order valence-electron chi connectivity index (χ4n) is 4.04. The van der Waals surface area contributed by atoms with E-state index in [0.29, 0.717) is 28.4 Å².